The molecule has 1 aromatic carbocycles. The van der Waals surface area contributed by atoms with Crippen molar-refractivity contribution in [2.24, 2.45) is 0 Å². The van der Waals surface area contributed by atoms with Crippen molar-refractivity contribution in [2.75, 3.05) is 6.61 Å². The lowest BCUT2D eigenvalue weighted by molar-refractivity contribution is -0.145. The van der Waals surface area contributed by atoms with E-state index in [9.17, 15) is 9.59 Å². The van der Waals surface area contributed by atoms with Crippen LogP contribution in [0.4, 0.5) is 0 Å². The Morgan fingerprint density at radius 3 is 2.89 bits per heavy atom. The highest BCUT2D eigenvalue weighted by atomic mass is 32.1. The number of esters is 2. The number of aromatic nitrogens is 1. The molecule has 0 bridgehead atoms. The first-order chi connectivity index (χ1) is 13.7. The molecule has 2 aromatic heterocycles. The highest BCUT2D eigenvalue weighted by molar-refractivity contribution is 7.10. The number of thiophene rings is 1. The molecule has 1 saturated heterocycles. The molecule has 1 unspecified atom stereocenters. The first-order valence-electron chi connectivity index (χ1n) is 9.24. The van der Waals surface area contributed by atoms with Crippen LogP contribution in [0.1, 0.15) is 39.3 Å². The zero-order valence-electron chi connectivity index (χ0n) is 15.0. The highest BCUT2D eigenvalue weighted by Crippen LogP contribution is 2.38. The maximum absolute atomic E-state index is 13.1. The molecule has 3 aromatic rings. The number of fused-ring (bicyclic) bond motifs is 2. The summed E-state index contributed by atoms with van der Waals surface area (Å²) in [4.78, 5) is 30.8. The van der Waals surface area contributed by atoms with E-state index < -0.39 is 18.0 Å². The predicted octanol–water partition coefficient (Wildman–Crippen LogP) is 4.26. The van der Waals surface area contributed by atoms with Crippen LogP contribution in [0, 0.1) is 0 Å². The maximum atomic E-state index is 13.1. The van der Waals surface area contributed by atoms with E-state index in [-0.39, 0.29) is 0 Å². The molecule has 28 heavy (non-hydrogen) atoms. The molecule has 0 N–H and O–H groups in total. The second kappa shape index (κ2) is 6.87. The fraction of sp³-hybridized carbons (Fsp3) is 0.227. The van der Waals surface area contributed by atoms with Crippen molar-refractivity contribution in [3.63, 3.8) is 0 Å². The van der Waals surface area contributed by atoms with Gasteiger partial charge in [-0.25, -0.2) is 14.6 Å². The first-order valence-corrected chi connectivity index (χ1v) is 10.1. The van der Waals surface area contributed by atoms with Gasteiger partial charge in [0.2, 0.25) is 6.10 Å². The van der Waals surface area contributed by atoms with Crippen molar-refractivity contribution >= 4 is 45.8 Å². The zero-order chi connectivity index (χ0) is 19.1. The van der Waals surface area contributed by atoms with Gasteiger partial charge in [0.25, 0.3) is 0 Å². The van der Waals surface area contributed by atoms with E-state index in [0.29, 0.717) is 18.6 Å². The molecule has 2 aliphatic rings. The van der Waals surface area contributed by atoms with Crippen LogP contribution in [-0.2, 0) is 20.7 Å². The van der Waals surface area contributed by atoms with E-state index >= 15 is 0 Å². The Hall–Kier alpha value is -2.99. The Morgan fingerprint density at radius 2 is 2.11 bits per heavy atom. The molecule has 3 heterocycles. The fourth-order valence-electron chi connectivity index (χ4n) is 3.83. The molecule has 5 nitrogen and oxygen atoms in total. The van der Waals surface area contributed by atoms with Crippen LogP contribution < -0.4 is 0 Å². The second-order valence-electron chi connectivity index (χ2n) is 6.87. The average molecular weight is 391 g/mol. The first kappa shape index (κ1) is 17.1. The fourth-order valence-corrected chi connectivity index (χ4v) is 4.51. The van der Waals surface area contributed by atoms with Crippen LogP contribution in [0.3, 0.4) is 0 Å². The molecule has 0 amide bonds. The van der Waals surface area contributed by atoms with Gasteiger partial charge in [-0.05, 0) is 47.6 Å². The molecule has 1 aliphatic heterocycles. The molecule has 5 rings (SSSR count). The molecule has 6 heteroatoms. The third-order valence-corrected chi connectivity index (χ3v) is 5.96. The minimum Gasteiger partial charge on any atom is -0.463 e. The summed E-state index contributed by atoms with van der Waals surface area (Å²) in [6, 6.07) is 11.7. The SMILES string of the molecule is O=C(OC1CCOC1=O)c1c2c(nc3ccccc13)/C(=C/c1cccs1)CC2. The lowest BCUT2D eigenvalue weighted by Gasteiger charge is -2.14. The number of nitrogens with zero attached hydrogens (tertiary/aromatic N) is 1. The minimum absolute atomic E-state index is 0.291. The van der Waals surface area contributed by atoms with E-state index in [1.165, 1.54) is 0 Å². The molecule has 140 valence electrons. The summed E-state index contributed by atoms with van der Waals surface area (Å²) in [5, 5.41) is 2.80. The van der Waals surface area contributed by atoms with Crippen molar-refractivity contribution in [3.05, 3.63) is 63.5 Å². The van der Waals surface area contributed by atoms with Crippen molar-refractivity contribution in [1.29, 1.82) is 0 Å². The normalized spacial score (nSPS) is 19.8. The van der Waals surface area contributed by atoms with Crippen molar-refractivity contribution in [3.8, 4) is 0 Å². The molecule has 0 spiro atoms. The van der Waals surface area contributed by atoms with Gasteiger partial charge in [-0.1, -0.05) is 24.3 Å². The Labute approximate surface area is 165 Å². The summed E-state index contributed by atoms with van der Waals surface area (Å²) < 4.78 is 10.4. The minimum atomic E-state index is -0.822. The summed E-state index contributed by atoms with van der Waals surface area (Å²) in [6.45, 7) is 0.291. The van der Waals surface area contributed by atoms with Gasteiger partial charge in [0.05, 0.1) is 23.4 Å². The van der Waals surface area contributed by atoms with E-state index in [4.69, 9.17) is 14.5 Å². The summed E-state index contributed by atoms with van der Waals surface area (Å²) >= 11 is 1.67. The maximum Gasteiger partial charge on any atom is 0.347 e. The van der Waals surface area contributed by atoms with Crippen molar-refractivity contribution in [1.82, 2.24) is 4.98 Å². The Kier molecular flexibility index (Phi) is 4.20. The molecular formula is C22H17NO4S. The number of cyclic esters (lactones) is 1. The monoisotopic (exact) mass is 391 g/mol. The van der Waals surface area contributed by atoms with Crippen LogP contribution >= 0.6 is 11.3 Å². The van der Waals surface area contributed by atoms with Gasteiger partial charge in [-0.2, -0.15) is 0 Å². The standard InChI is InChI=1S/C22H17NO4S/c24-21-18(9-10-26-21)27-22(25)19-15-5-1-2-6-17(15)23-20-13(7-8-16(19)20)12-14-4-3-11-28-14/h1-6,11-12,18H,7-10H2/b13-12+. The number of ether oxygens (including phenoxy) is 2. The summed E-state index contributed by atoms with van der Waals surface area (Å²) in [5.74, 6) is -0.947. The summed E-state index contributed by atoms with van der Waals surface area (Å²) in [6.07, 6.45) is 3.27. The number of hydrogen-bond acceptors (Lipinski definition) is 6. The highest BCUT2D eigenvalue weighted by Gasteiger charge is 2.33. The summed E-state index contributed by atoms with van der Waals surface area (Å²) in [5.41, 5.74) is 4.15. The third-order valence-electron chi connectivity index (χ3n) is 5.14. The lowest BCUT2D eigenvalue weighted by atomic mass is 10.0. The quantitative estimate of drug-likeness (QED) is 0.625. The molecule has 1 atom stereocenters. The van der Waals surface area contributed by atoms with E-state index in [2.05, 4.69) is 12.1 Å². The number of benzene rings is 1. The number of para-hydroxylation sites is 1. The number of carbonyl (C=O) groups excluding carboxylic acids is 2. The van der Waals surface area contributed by atoms with Gasteiger partial charge < -0.3 is 9.47 Å². The zero-order valence-corrected chi connectivity index (χ0v) is 15.8. The van der Waals surface area contributed by atoms with Crippen LogP contribution in [0.15, 0.2) is 41.8 Å². The van der Waals surface area contributed by atoms with Crippen molar-refractivity contribution < 1.29 is 19.1 Å². The van der Waals surface area contributed by atoms with E-state index in [0.717, 1.165) is 45.5 Å². The second-order valence-corrected chi connectivity index (χ2v) is 7.85. The van der Waals surface area contributed by atoms with Crippen LogP contribution in [0.5, 0.6) is 0 Å². The van der Waals surface area contributed by atoms with Crippen LogP contribution in [-0.4, -0.2) is 29.6 Å². The van der Waals surface area contributed by atoms with Crippen LogP contribution in [0.25, 0.3) is 22.6 Å². The lowest BCUT2D eigenvalue weighted by Crippen LogP contribution is -2.23. The number of hydrogen-bond donors (Lipinski definition) is 0. The van der Waals surface area contributed by atoms with Gasteiger partial charge in [-0.15, -0.1) is 11.3 Å². The van der Waals surface area contributed by atoms with Crippen LogP contribution in [0.2, 0.25) is 0 Å². The smallest absolute Gasteiger partial charge is 0.347 e. The predicted molar refractivity (Wildman–Crippen MR) is 107 cm³/mol. The van der Waals surface area contributed by atoms with E-state index in [1.807, 2.05) is 35.7 Å². The Bertz CT molecular complexity index is 1120. The van der Waals surface area contributed by atoms with Crippen molar-refractivity contribution in [2.45, 2.75) is 25.4 Å². The molecule has 1 fully saturated rings. The topological polar surface area (TPSA) is 65.5 Å². The molecular weight excluding hydrogens is 374 g/mol. The summed E-state index contributed by atoms with van der Waals surface area (Å²) in [7, 11) is 0. The van der Waals surface area contributed by atoms with Gasteiger partial charge >= 0.3 is 11.9 Å². The number of pyridine rings is 1. The molecule has 1 aliphatic carbocycles. The van der Waals surface area contributed by atoms with Gasteiger partial charge in [0.1, 0.15) is 0 Å². The number of carbonyl (C=O) groups is 2. The number of rotatable bonds is 3. The van der Waals surface area contributed by atoms with Gasteiger partial charge in [-0.3, -0.25) is 0 Å². The third kappa shape index (κ3) is 2.90. The Balaban J connectivity index is 1.62. The molecule has 0 saturated carbocycles. The molecule has 0 radical (unpaired) electrons. The Morgan fingerprint density at radius 1 is 1.21 bits per heavy atom. The van der Waals surface area contributed by atoms with Gasteiger partial charge in [0.15, 0.2) is 0 Å². The average Bonchev–Trinajstić information content (AvgIpc) is 3.44. The number of allylic oxidation sites excluding steroid dienone is 1. The van der Waals surface area contributed by atoms with Gasteiger partial charge in [0, 0.05) is 16.7 Å². The largest absolute Gasteiger partial charge is 0.463 e. The van der Waals surface area contributed by atoms with E-state index in [1.54, 1.807) is 11.3 Å².